The molecule has 0 spiro atoms. The van der Waals surface area contributed by atoms with Crippen molar-refractivity contribution >= 4 is 5.91 Å². The number of nitrogens with zero attached hydrogens (tertiary/aromatic N) is 4. The minimum Gasteiger partial charge on any atom is -0.465 e. The molecule has 0 N–H and O–H groups in total. The predicted molar refractivity (Wildman–Crippen MR) is 86.9 cm³/mol. The molecule has 6 heteroatoms. The van der Waals surface area contributed by atoms with Crippen molar-refractivity contribution in [2.24, 2.45) is 0 Å². The van der Waals surface area contributed by atoms with Gasteiger partial charge in [0.2, 0.25) is 5.88 Å². The summed E-state index contributed by atoms with van der Waals surface area (Å²) in [4.78, 5) is 26.6. The van der Waals surface area contributed by atoms with E-state index >= 15 is 0 Å². The summed E-state index contributed by atoms with van der Waals surface area (Å²) in [6.07, 6.45) is 4.54. The molecule has 1 unspecified atom stereocenters. The van der Waals surface area contributed by atoms with Crippen molar-refractivity contribution in [3.05, 3.63) is 48.2 Å². The second kappa shape index (κ2) is 7.67. The quantitative estimate of drug-likeness (QED) is 0.819. The molecule has 23 heavy (non-hydrogen) atoms. The SMILES string of the molecule is CC(Oc1ccccn1)C(=O)N(C)Cc1cnc(C(C)C)nc1. The zero-order valence-corrected chi connectivity index (χ0v) is 13.9. The lowest BCUT2D eigenvalue weighted by atomic mass is 10.2. The molecule has 0 aliphatic carbocycles. The molecule has 0 saturated heterocycles. The smallest absolute Gasteiger partial charge is 0.263 e. The molecule has 122 valence electrons. The van der Waals surface area contributed by atoms with Gasteiger partial charge in [-0.15, -0.1) is 0 Å². The van der Waals surface area contributed by atoms with Gasteiger partial charge in [0.05, 0.1) is 0 Å². The van der Waals surface area contributed by atoms with Crippen molar-refractivity contribution < 1.29 is 9.53 Å². The van der Waals surface area contributed by atoms with E-state index in [9.17, 15) is 4.79 Å². The maximum Gasteiger partial charge on any atom is 0.263 e. The van der Waals surface area contributed by atoms with Crippen LogP contribution in [0.2, 0.25) is 0 Å². The van der Waals surface area contributed by atoms with Gasteiger partial charge in [0.1, 0.15) is 5.82 Å². The highest BCUT2D eigenvalue weighted by Crippen LogP contribution is 2.11. The van der Waals surface area contributed by atoms with Gasteiger partial charge in [-0.3, -0.25) is 4.79 Å². The first-order valence-corrected chi connectivity index (χ1v) is 7.61. The number of amides is 1. The molecule has 0 saturated carbocycles. The van der Waals surface area contributed by atoms with Crippen LogP contribution in [0.1, 0.15) is 38.1 Å². The Bertz CT molecular complexity index is 629. The summed E-state index contributed by atoms with van der Waals surface area (Å²) in [7, 11) is 1.73. The third-order valence-electron chi connectivity index (χ3n) is 3.32. The molecule has 0 bridgehead atoms. The summed E-state index contributed by atoms with van der Waals surface area (Å²) >= 11 is 0. The average molecular weight is 314 g/mol. The van der Waals surface area contributed by atoms with Crippen LogP contribution in [-0.2, 0) is 11.3 Å². The van der Waals surface area contributed by atoms with Gasteiger partial charge in [0.15, 0.2) is 6.10 Å². The Morgan fingerprint density at radius 2 is 1.87 bits per heavy atom. The van der Waals surface area contributed by atoms with Gasteiger partial charge in [0, 0.05) is 49.7 Å². The Hall–Kier alpha value is -2.50. The van der Waals surface area contributed by atoms with E-state index in [1.807, 2.05) is 19.9 Å². The first kappa shape index (κ1) is 16.9. The van der Waals surface area contributed by atoms with Crippen LogP contribution in [0.15, 0.2) is 36.8 Å². The van der Waals surface area contributed by atoms with Gasteiger partial charge in [-0.1, -0.05) is 19.9 Å². The Morgan fingerprint density at radius 3 is 2.43 bits per heavy atom. The first-order chi connectivity index (χ1) is 11.0. The molecule has 0 radical (unpaired) electrons. The Labute approximate surface area is 136 Å². The number of carbonyl (C=O) groups excluding carboxylic acids is 1. The van der Waals surface area contributed by atoms with Crippen LogP contribution in [0.4, 0.5) is 0 Å². The van der Waals surface area contributed by atoms with Gasteiger partial charge >= 0.3 is 0 Å². The molecule has 0 aliphatic rings. The standard InChI is InChI=1S/C17H22N4O2/c1-12(2)16-19-9-14(10-20-16)11-21(4)17(22)13(3)23-15-7-5-6-8-18-15/h5-10,12-13H,11H2,1-4H3. The topological polar surface area (TPSA) is 68.2 Å². The molecule has 2 heterocycles. The largest absolute Gasteiger partial charge is 0.465 e. The van der Waals surface area contributed by atoms with E-state index in [1.165, 1.54) is 0 Å². The van der Waals surface area contributed by atoms with E-state index in [-0.39, 0.29) is 11.8 Å². The minimum absolute atomic E-state index is 0.122. The number of rotatable bonds is 6. The molecule has 6 nitrogen and oxygen atoms in total. The lowest BCUT2D eigenvalue weighted by molar-refractivity contribution is -0.137. The summed E-state index contributed by atoms with van der Waals surface area (Å²) in [6.45, 7) is 6.24. The zero-order chi connectivity index (χ0) is 16.8. The van der Waals surface area contributed by atoms with Crippen LogP contribution in [0.25, 0.3) is 0 Å². The second-order valence-corrected chi connectivity index (χ2v) is 5.73. The third-order valence-corrected chi connectivity index (χ3v) is 3.32. The number of aromatic nitrogens is 3. The van der Waals surface area contributed by atoms with Crippen molar-refractivity contribution in [3.8, 4) is 5.88 Å². The maximum absolute atomic E-state index is 12.4. The molecular formula is C17H22N4O2. The van der Waals surface area contributed by atoms with E-state index < -0.39 is 6.10 Å². The molecule has 0 fully saturated rings. The van der Waals surface area contributed by atoms with E-state index in [2.05, 4.69) is 15.0 Å². The van der Waals surface area contributed by atoms with Crippen LogP contribution >= 0.6 is 0 Å². The summed E-state index contributed by atoms with van der Waals surface area (Å²) in [5.74, 6) is 1.40. The summed E-state index contributed by atoms with van der Waals surface area (Å²) < 4.78 is 5.55. The number of likely N-dealkylation sites (N-methyl/N-ethyl adjacent to an activating group) is 1. The third kappa shape index (κ3) is 4.74. The highest BCUT2D eigenvalue weighted by molar-refractivity contribution is 5.80. The van der Waals surface area contributed by atoms with Gasteiger partial charge in [-0.05, 0) is 13.0 Å². The second-order valence-electron chi connectivity index (χ2n) is 5.73. The maximum atomic E-state index is 12.4. The van der Waals surface area contributed by atoms with E-state index in [0.29, 0.717) is 12.4 Å². The Balaban J connectivity index is 1.93. The predicted octanol–water partition coefficient (Wildman–Crippen LogP) is 2.42. The van der Waals surface area contributed by atoms with Gasteiger partial charge in [-0.2, -0.15) is 0 Å². The van der Waals surface area contributed by atoms with Crippen molar-refractivity contribution in [3.63, 3.8) is 0 Å². The number of hydrogen-bond acceptors (Lipinski definition) is 5. The molecule has 2 rings (SSSR count). The number of ether oxygens (including phenoxy) is 1. The molecule has 0 aliphatic heterocycles. The molecular weight excluding hydrogens is 292 g/mol. The minimum atomic E-state index is -0.606. The highest BCUT2D eigenvalue weighted by atomic mass is 16.5. The molecule has 2 aromatic heterocycles. The van der Waals surface area contributed by atoms with Crippen molar-refractivity contribution in [2.75, 3.05) is 7.05 Å². The summed E-state index contributed by atoms with van der Waals surface area (Å²) in [5.41, 5.74) is 0.885. The molecule has 2 aromatic rings. The number of hydrogen-bond donors (Lipinski definition) is 0. The lowest BCUT2D eigenvalue weighted by Crippen LogP contribution is -2.37. The van der Waals surface area contributed by atoms with Crippen LogP contribution in [0, 0.1) is 0 Å². The fourth-order valence-corrected chi connectivity index (χ4v) is 2.06. The molecule has 1 amide bonds. The number of carbonyl (C=O) groups is 1. The normalized spacial score (nSPS) is 12.0. The lowest BCUT2D eigenvalue weighted by Gasteiger charge is -2.21. The fraction of sp³-hybridized carbons (Fsp3) is 0.412. The van der Waals surface area contributed by atoms with Gasteiger partial charge in [0.25, 0.3) is 5.91 Å². The number of pyridine rings is 1. The molecule has 0 aromatic carbocycles. The van der Waals surface area contributed by atoms with Crippen LogP contribution < -0.4 is 4.74 Å². The van der Waals surface area contributed by atoms with Crippen LogP contribution in [-0.4, -0.2) is 38.9 Å². The van der Waals surface area contributed by atoms with Crippen molar-refractivity contribution in [2.45, 2.75) is 39.3 Å². The average Bonchev–Trinajstić information content (AvgIpc) is 2.55. The van der Waals surface area contributed by atoms with Gasteiger partial charge in [-0.25, -0.2) is 15.0 Å². The van der Waals surface area contributed by atoms with Gasteiger partial charge < -0.3 is 9.64 Å². The highest BCUT2D eigenvalue weighted by Gasteiger charge is 2.20. The van der Waals surface area contributed by atoms with Crippen LogP contribution in [0.5, 0.6) is 5.88 Å². The van der Waals surface area contributed by atoms with Crippen molar-refractivity contribution in [1.82, 2.24) is 19.9 Å². The van der Waals surface area contributed by atoms with E-state index in [1.54, 1.807) is 49.6 Å². The monoisotopic (exact) mass is 314 g/mol. The summed E-state index contributed by atoms with van der Waals surface area (Å²) in [5, 5.41) is 0. The fourth-order valence-electron chi connectivity index (χ4n) is 2.06. The van der Waals surface area contributed by atoms with E-state index in [4.69, 9.17) is 4.74 Å². The first-order valence-electron chi connectivity index (χ1n) is 7.61. The van der Waals surface area contributed by atoms with Crippen molar-refractivity contribution in [1.29, 1.82) is 0 Å². The molecule has 1 atom stereocenters. The zero-order valence-electron chi connectivity index (χ0n) is 13.9. The Morgan fingerprint density at radius 1 is 1.17 bits per heavy atom. The van der Waals surface area contributed by atoms with Crippen LogP contribution in [0.3, 0.4) is 0 Å². The van der Waals surface area contributed by atoms with E-state index in [0.717, 1.165) is 11.4 Å². The Kier molecular flexibility index (Phi) is 5.62. The summed E-state index contributed by atoms with van der Waals surface area (Å²) in [6, 6.07) is 5.34.